The molecule has 9 heteroatoms. The summed E-state index contributed by atoms with van der Waals surface area (Å²) in [6, 6.07) is 8.17. The van der Waals surface area contributed by atoms with E-state index in [9.17, 15) is 22.4 Å². The minimum Gasteiger partial charge on any atom is -0.479 e. The Morgan fingerprint density at radius 2 is 1.86 bits per heavy atom. The molecular weight excluding hydrogens is 378 g/mol. The number of hydrogen-bond donors (Lipinski definition) is 0. The third-order valence-electron chi connectivity index (χ3n) is 5.54. The maximum Gasteiger partial charge on any atom is 0.471 e. The molecule has 3 aliphatic heterocycles. The van der Waals surface area contributed by atoms with E-state index < -0.39 is 23.5 Å². The van der Waals surface area contributed by atoms with Gasteiger partial charge in [-0.2, -0.15) is 13.2 Å². The number of benzene rings is 1. The monoisotopic (exact) mass is 393 g/mol. The Hall–Kier alpha value is -2.84. The molecule has 0 radical (unpaired) electrons. The van der Waals surface area contributed by atoms with E-state index in [0.29, 0.717) is 18.0 Å². The van der Waals surface area contributed by atoms with Gasteiger partial charge in [-0.25, -0.2) is 4.39 Å². The number of nitrogens with zero attached hydrogens (tertiary/aromatic N) is 3. The lowest BCUT2D eigenvalue weighted by Crippen LogP contribution is -2.52. The number of ether oxygens (including phenoxy) is 1. The Morgan fingerprint density at radius 1 is 1.14 bits per heavy atom. The molecule has 0 aliphatic carbocycles. The third-order valence-corrected chi connectivity index (χ3v) is 5.54. The van der Waals surface area contributed by atoms with Crippen molar-refractivity contribution in [2.45, 2.75) is 24.6 Å². The summed E-state index contributed by atoms with van der Waals surface area (Å²) in [5.41, 5.74) is 1.65. The van der Waals surface area contributed by atoms with E-state index in [1.54, 1.807) is 10.6 Å². The van der Waals surface area contributed by atoms with Crippen LogP contribution in [0.15, 0.2) is 35.3 Å². The van der Waals surface area contributed by atoms with Gasteiger partial charge in [-0.15, -0.1) is 0 Å². The largest absolute Gasteiger partial charge is 0.479 e. The molecule has 1 spiro atoms. The van der Waals surface area contributed by atoms with E-state index in [1.165, 1.54) is 12.1 Å². The molecule has 0 unspecified atom stereocenters. The van der Waals surface area contributed by atoms with Gasteiger partial charge in [0.05, 0.1) is 23.6 Å². The average molecular weight is 393 g/mol. The van der Waals surface area contributed by atoms with Crippen LogP contribution in [-0.4, -0.2) is 46.9 Å². The molecule has 0 N–H and O–H groups in total. The molecule has 1 amide bonds. The Labute approximate surface area is 157 Å². The third kappa shape index (κ3) is 2.45. The number of piperidine rings is 1. The minimum atomic E-state index is -4.90. The Kier molecular flexibility index (Phi) is 3.45. The van der Waals surface area contributed by atoms with Crippen molar-refractivity contribution in [3.05, 3.63) is 47.5 Å². The van der Waals surface area contributed by atoms with Crippen LogP contribution in [0.25, 0.3) is 5.69 Å². The quantitative estimate of drug-likeness (QED) is 0.699. The summed E-state index contributed by atoms with van der Waals surface area (Å²) < 4.78 is 60.9. The van der Waals surface area contributed by atoms with Crippen LogP contribution in [0.5, 0.6) is 5.75 Å². The van der Waals surface area contributed by atoms with Crippen molar-refractivity contribution < 1.29 is 27.1 Å². The first-order chi connectivity index (χ1) is 13.3. The summed E-state index contributed by atoms with van der Waals surface area (Å²) in [6.45, 7) is 0.393. The number of carbonyl (C=O) groups is 1. The lowest BCUT2D eigenvalue weighted by atomic mass is 9.86. The fourth-order valence-corrected chi connectivity index (χ4v) is 4.13. The van der Waals surface area contributed by atoms with Gasteiger partial charge < -0.3 is 14.2 Å². The lowest BCUT2D eigenvalue weighted by Gasteiger charge is -2.45. The highest BCUT2D eigenvalue weighted by molar-refractivity contribution is 6.10. The molecule has 1 saturated heterocycles. The van der Waals surface area contributed by atoms with Crippen molar-refractivity contribution in [2.75, 3.05) is 19.6 Å². The highest BCUT2D eigenvalue weighted by Gasteiger charge is 2.50. The summed E-state index contributed by atoms with van der Waals surface area (Å²) in [7, 11) is 0. The molecule has 2 aromatic rings. The van der Waals surface area contributed by atoms with Gasteiger partial charge in [0, 0.05) is 25.9 Å². The van der Waals surface area contributed by atoms with Crippen LogP contribution in [0, 0.1) is 5.82 Å². The van der Waals surface area contributed by atoms with Crippen molar-refractivity contribution in [3.8, 4) is 11.4 Å². The van der Waals surface area contributed by atoms with Gasteiger partial charge in [0.1, 0.15) is 11.4 Å². The minimum absolute atomic E-state index is 0.0928. The summed E-state index contributed by atoms with van der Waals surface area (Å²) in [6.07, 6.45) is -4.54. The number of fused-ring (bicyclic) bond motifs is 4. The number of aromatic nitrogens is 1. The molecule has 5 nitrogen and oxygen atoms in total. The van der Waals surface area contributed by atoms with E-state index in [-0.39, 0.29) is 31.6 Å². The SMILES string of the molecule is O=C(N1CCC2(CC1)Oc1cccc(F)c1-n1c(C3=NC3)ccc12)C(F)(F)F. The second kappa shape index (κ2) is 5.59. The molecule has 0 bridgehead atoms. The van der Waals surface area contributed by atoms with Crippen molar-refractivity contribution in [2.24, 2.45) is 4.99 Å². The number of hydrogen-bond acceptors (Lipinski definition) is 3. The zero-order valence-corrected chi connectivity index (χ0v) is 14.6. The van der Waals surface area contributed by atoms with Gasteiger partial charge in [0.15, 0.2) is 11.4 Å². The van der Waals surface area contributed by atoms with Crippen molar-refractivity contribution >= 4 is 11.6 Å². The number of alkyl halides is 3. The zero-order valence-electron chi connectivity index (χ0n) is 14.6. The summed E-state index contributed by atoms with van der Waals surface area (Å²) in [5, 5.41) is 0. The number of amides is 1. The standard InChI is InChI=1S/C19H15F4N3O2/c20-11-2-1-3-14-16(11)26-13(12-10-24-12)4-5-15(26)18(28-14)6-8-25(9-7-18)17(27)19(21,22)23/h1-5H,6-10H2. The van der Waals surface area contributed by atoms with Crippen LogP contribution < -0.4 is 4.74 Å². The molecule has 3 aliphatic rings. The first-order valence-corrected chi connectivity index (χ1v) is 8.90. The van der Waals surface area contributed by atoms with Crippen molar-refractivity contribution in [1.29, 1.82) is 0 Å². The molecule has 146 valence electrons. The highest BCUT2D eigenvalue weighted by atomic mass is 19.4. The number of carbonyl (C=O) groups excluding carboxylic acids is 1. The summed E-state index contributed by atoms with van der Waals surface area (Å²) in [4.78, 5) is 16.6. The fraction of sp³-hybridized carbons (Fsp3) is 0.368. The molecule has 28 heavy (non-hydrogen) atoms. The smallest absolute Gasteiger partial charge is 0.471 e. The van der Waals surface area contributed by atoms with Crippen LogP contribution in [0.4, 0.5) is 17.6 Å². The Balaban J connectivity index is 1.55. The van der Waals surface area contributed by atoms with Gasteiger partial charge in [-0.1, -0.05) is 6.07 Å². The molecule has 0 saturated carbocycles. The average Bonchev–Trinajstić information content (AvgIpc) is 3.39. The maximum absolute atomic E-state index is 14.6. The highest BCUT2D eigenvalue weighted by Crippen LogP contribution is 2.47. The second-order valence-electron chi connectivity index (χ2n) is 7.18. The van der Waals surface area contributed by atoms with E-state index in [0.717, 1.165) is 16.3 Å². The first-order valence-electron chi connectivity index (χ1n) is 8.90. The zero-order chi connectivity index (χ0) is 19.7. The van der Waals surface area contributed by atoms with E-state index in [2.05, 4.69) is 4.99 Å². The Morgan fingerprint density at radius 3 is 2.50 bits per heavy atom. The Bertz CT molecular complexity index is 1020. The van der Waals surface area contributed by atoms with E-state index in [1.807, 2.05) is 12.1 Å². The van der Waals surface area contributed by atoms with Crippen molar-refractivity contribution in [1.82, 2.24) is 9.47 Å². The topological polar surface area (TPSA) is 46.8 Å². The van der Waals surface area contributed by atoms with Gasteiger partial charge >= 0.3 is 12.1 Å². The fourth-order valence-electron chi connectivity index (χ4n) is 4.13. The van der Waals surface area contributed by atoms with Gasteiger partial charge in [-0.3, -0.25) is 9.79 Å². The van der Waals surface area contributed by atoms with E-state index >= 15 is 0 Å². The number of para-hydroxylation sites is 1. The molecular formula is C19H15F4N3O2. The predicted octanol–water partition coefficient (Wildman–Crippen LogP) is 3.19. The van der Waals surface area contributed by atoms with E-state index in [4.69, 9.17) is 4.74 Å². The van der Waals surface area contributed by atoms with Crippen LogP contribution in [0.2, 0.25) is 0 Å². The molecule has 5 rings (SSSR count). The van der Waals surface area contributed by atoms with Gasteiger partial charge in [0.2, 0.25) is 0 Å². The predicted molar refractivity (Wildman–Crippen MR) is 91.3 cm³/mol. The number of aliphatic imine (C=N–C) groups is 1. The van der Waals surface area contributed by atoms with Crippen LogP contribution in [0.1, 0.15) is 24.2 Å². The van der Waals surface area contributed by atoms with Gasteiger partial charge in [-0.05, 0) is 24.3 Å². The molecule has 4 heterocycles. The normalized spacial score (nSPS) is 19.6. The van der Waals surface area contributed by atoms with Crippen LogP contribution in [-0.2, 0) is 10.4 Å². The van der Waals surface area contributed by atoms with Crippen LogP contribution >= 0.6 is 0 Å². The molecule has 1 aromatic carbocycles. The molecule has 1 aromatic heterocycles. The number of halogens is 4. The number of rotatable bonds is 1. The molecule has 0 atom stereocenters. The van der Waals surface area contributed by atoms with Gasteiger partial charge in [0.25, 0.3) is 0 Å². The summed E-state index contributed by atoms with van der Waals surface area (Å²) in [5.74, 6) is -1.95. The summed E-state index contributed by atoms with van der Waals surface area (Å²) >= 11 is 0. The second-order valence-corrected chi connectivity index (χ2v) is 7.18. The lowest BCUT2D eigenvalue weighted by molar-refractivity contribution is -0.188. The number of likely N-dealkylation sites (tertiary alicyclic amines) is 1. The van der Waals surface area contributed by atoms with Crippen molar-refractivity contribution in [3.63, 3.8) is 0 Å². The first kappa shape index (κ1) is 17.3. The van der Waals surface area contributed by atoms with Crippen LogP contribution in [0.3, 0.4) is 0 Å². The molecule has 1 fully saturated rings. The maximum atomic E-state index is 14.6.